The Hall–Kier alpha value is -0.770. The van der Waals surface area contributed by atoms with Crippen molar-refractivity contribution in [3.63, 3.8) is 0 Å². The number of rotatable bonds is 4. The molecule has 2 aliphatic rings. The molecule has 1 N–H and O–H groups in total. The van der Waals surface area contributed by atoms with Crippen LogP contribution in [0.4, 0.5) is 4.79 Å². The molecule has 4 heteroatoms. The van der Waals surface area contributed by atoms with Gasteiger partial charge in [-0.3, -0.25) is 0 Å². The second-order valence-corrected chi connectivity index (χ2v) is 5.96. The van der Waals surface area contributed by atoms with Gasteiger partial charge in [0.25, 0.3) is 0 Å². The summed E-state index contributed by atoms with van der Waals surface area (Å²) in [6.45, 7) is 6.22. The average molecular weight is 268 g/mol. The van der Waals surface area contributed by atoms with Crippen LogP contribution < -0.4 is 5.32 Å². The fraction of sp³-hybridized carbons (Fsp3) is 0.933. The Kier molecular flexibility index (Phi) is 5.49. The Morgan fingerprint density at radius 2 is 1.95 bits per heavy atom. The molecule has 2 fully saturated rings. The van der Waals surface area contributed by atoms with Crippen molar-refractivity contribution in [3.05, 3.63) is 0 Å². The van der Waals surface area contributed by atoms with E-state index in [-0.39, 0.29) is 6.09 Å². The SMILES string of the molecule is CCOC(=O)N1CC(CC)CC(NC2CCCC2)C1. The summed E-state index contributed by atoms with van der Waals surface area (Å²) >= 11 is 0. The molecule has 0 aromatic rings. The third-order valence-electron chi connectivity index (χ3n) is 4.47. The van der Waals surface area contributed by atoms with Crippen molar-refractivity contribution in [3.8, 4) is 0 Å². The molecule has 2 atom stereocenters. The Bertz CT molecular complexity index is 290. The molecule has 0 aromatic carbocycles. The summed E-state index contributed by atoms with van der Waals surface area (Å²) < 4.78 is 5.15. The highest BCUT2D eigenvalue weighted by Crippen LogP contribution is 2.24. The lowest BCUT2D eigenvalue weighted by Crippen LogP contribution is -2.53. The van der Waals surface area contributed by atoms with Crippen molar-refractivity contribution < 1.29 is 9.53 Å². The molecule has 1 saturated carbocycles. The Labute approximate surface area is 116 Å². The molecule has 1 aliphatic heterocycles. The molecule has 19 heavy (non-hydrogen) atoms. The first-order valence-corrected chi connectivity index (χ1v) is 7.90. The summed E-state index contributed by atoms with van der Waals surface area (Å²) in [4.78, 5) is 13.8. The number of ether oxygens (including phenoxy) is 1. The summed E-state index contributed by atoms with van der Waals surface area (Å²) in [7, 11) is 0. The predicted molar refractivity (Wildman–Crippen MR) is 76.2 cm³/mol. The fourth-order valence-electron chi connectivity index (χ4n) is 3.41. The lowest BCUT2D eigenvalue weighted by molar-refractivity contribution is 0.0765. The largest absolute Gasteiger partial charge is 0.450 e. The first kappa shape index (κ1) is 14.6. The first-order chi connectivity index (χ1) is 9.22. The first-order valence-electron chi connectivity index (χ1n) is 7.90. The second kappa shape index (κ2) is 7.13. The lowest BCUT2D eigenvalue weighted by atomic mass is 9.92. The lowest BCUT2D eigenvalue weighted by Gasteiger charge is -2.38. The highest BCUT2D eigenvalue weighted by molar-refractivity contribution is 5.67. The van der Waals surface area contributed by atoms with Gasteiger partial charge >= 0.3 is 6.09 Å². The molecule has 4 nitrogen and oxygen atoms in total. The van der Waals surface area contributed by atoms with Crippen LogP contribution in [0, 0.1) is 5.92 Å². The number of nitrogens with zero attached hydrogens (tertiary/aromatic N) is 1. The van der Waals surface area contributed by atoms with Gasteiger partial charge in [-0.2, -0.15) is 0 Å². The third kappa shape index (κ3) is 4.10. The molecule has 0 bridgehead atoms. The fourth-order valence-corrected chi connectivity index (χ4v) is 3.41. The van der Waals surface area contributed by atoms with E-state index in [0.29, 0.717) is 24.6 Å². The zero-order valence-corrected chi connectivity index (χ0v) is 12.4. The molecule has 0 radical (unpaired) electrons. The summed E-state index contributed by atoms with van der Waals surface area (Å²) in [5.41, 5.74) is 0. The monoisotopic (exact) mass is 268 g/mol. The minimum absolute atomic E-state index is 0.140. The number of piperidine rings is 1. The topological polar surface area (TPSA) is 41.6 Å². The minimum Gasteiger partial charge on any atom is -0.450 e. The molecule has 1 saturated heterocycles. The van der Waals surface area contributed by atoms with Crippen molar-refractivity contribution in [1.29, 1.82) is 0 Å². The summed E-state index contributed by atoms with van der Waals surface area (Å²) in [6, 6.07) is 1.12. The van der Waals surface area contributed by atoms with Crippen LogP contribution in [0.1, 0.15) is 52.4 Å². The van der Waals surface area contributed by atoms with E-state index >= 15 is 0 Å². The number of amides is 1. The van der Waals surface area contributed by atoms with Gasteiger partial charge in [0.05, 0.1) is 6.61 Å². The van der Waals surface area contributed by atoms with Gasteiger partial charge in [-0.15, -0.1) is 0 Å². The molecular formula is C15H28N2O2. The van der Waals surface area contributed by atoms with Crippen LogP contribution in [0.15, 0.2) is 0 Å². The Balaban J connectivity index is 1.89. The highest BCUT2D eigenvalue weighted by atomic mass is 16.6. The maximum Gasteiger partial charge on any atom is 0.409 e. The van der Waals surface area contributed by atoms with E-state index < -0.39 is 0 Å². The summed E-state index contributed by atoms with van der Waals surface area (Å²) in [6.07, 6.45) is 7.49. The van der Waals surface area contributed by atoms with Gasteiger partial charge in [-0.05, 0) is 32.1 Å². The standard InChI is InChI=1S/C15H28N2O2/c1-3-12-9-14(16-13-7-5-6-8-13)11-17(10-12)15(18)19-4-2/h12-14,16H,3-11H2,1-2H3. The molecule has 0 spiro atoms. The number of carbonyl (C=O) groups is 1. The third-order valence-corrected chi connectivity index (χ3v) is 4.47. The van der Waals surface area contributed by atoms with Crippen LogP contribution in [-0.2, 0) is 4.74 Å². The summed E-state index contributed by atoms with van der Waals surface area (Å²) in [5, 5.41) is 3.76. The van der Waals surface area contributed by atoms with Gasteiger partial charge in [0, 0.05) is 25.2 Å². The number of nitrogens with one attached hydrogen (secondary N) is 1. The van der Waals surface area contributed by atoms with Crippen LogP contribution in [0.5, 0.6) is 0 Å². The van der Waals surface area contributed by atoms with E-state index in [1.54, 1.807) is 0 Å². The Morgan fingerprint density at radius 3 is 2.58 bits per heavy atom. The minimum atomic E-state index is -0.140. The van der Waals surface area contributed by atoms with Crippen LogP contribution in [-0.4, -0.2) is 42.8 Å². The molecule has 1 heterocycles. The number of hydrogen-bond acceptors (Lipinski definition) is 3. The zero-order valence-electron chi connectivity index (χ0n) is 12.4. The molecule has 0 aromatic heterocycles. The molecular weight excluding hydrogens is 240 g/mol. The van der Waals surface area contributed by atoms with Gasteiger partial charge in [0.15, 0.2) is 0 Å². The van der Waals surface area contributed by atoms with Crippen molar-refractivity contribution in [1.82, 2.24) is 10.2 Å². The van der Waals surface area contributed by atoms with E-state index in [9.17, 15) is 4.79 Å². The van der Waals surface area contributed by atoms with Crippen LogP contribution in [0.25, 0.3) is 0 Å². The molecule has 1 aliphatic carbocycles. The molecule has 2 rings (SSSR count). The quantitative estimate of drug-likeness (QED) is 0.852. The number of carbonyl (C=O) groups excluding carboxylic acids is 1. The van der Waals surface area contributed by atoms with Gasteiger partial charge < -0.3 is 15.0 Å². The van der Waals surface area contributed by atoms with Gasteiger partial charge in [-0.1, -0.05) is 26.2 Å². The van der Waals surface area contributed by atoms with Gasteiger partial charge in [0.2, 0.25) is 0 Å². The smallest absolute Gasteiger partial charge is 0.409 e. The molecule has 110 valence electrons. The number of hydrogen-bond donors (Lipinski definition) is 1. The van der Waals surface area contributed by atoms with Gasteiger partial charge in [-0.25, -0.2) is 4.79 Å². The molecule has 1 amide bonds. The van der Waals surface area contributed by atoms with E-state index in [0.717, 1.165) is 19.5 Å². The van der Waals surface area contributed by atoms with Crippen molar-refractivity contribution in [2.45, 2.75) is 64.5 Å². The maximum absolute atomic E-state index is 11.9. The highest BCUT2D eigenvalue weighted by Gasteiger charge is 2.31. The maximum atomic E-state index is 11.9. The van der Waals surface area contributed by atoms with E-state index in [1.807, 2.05) is 11.8 Å². The average Bonchev–Trinajstić information content (AvgIpc) is 2.91. The van der Waals surface area contributed by atoms with Crippen molar-refractivity contribution in [2.75, 3.05) is 19.7 Å². The van der Waals surface area contributed by atoms with E-state index in [2.05, 4.69) is 12.2 Å². The second-order valence-electron chi connectivity index (χ2n) is 5.96. The Morgan fingerprint density at radius 1 is 1.21 bits per heavy atom. The van der Waals surface area contributed by atoms with Crippen molar-refractivity contribution in [2.24, 2.45) is 5.92 Å². The van der Waals surface area contributed by atoms with E-state index in [1.165, 1.54) is 32.1 Å². The predicted octanol–water partition coefficient (Wildman–Crippen LogP) is 2.78. The summed E-state index contributed by atoms with van der Waals surface area (Å²) in [5.74, 6) is 0.608. The van der Waals surface area contributed by atoms with Crippen LogP contribution in [0.3, 0.4) is 0 Å². The van der Waals surface area contributed by atoms with Crippen LogP contribution >= 0.6 is 0 Å². The van der Waals surface area contributed by atoms with Gasteiger partial charge in [0.1, 0.15) is 0 Å². The molecule has 2 unspecified atom stereocenters. The van der Waals surface area contributed by atoms with Crippen molar-refractivity contribution >= 4 is 6.09 Å². The normalized spacial score (nSPS) is 28.6. The zero-order chi connectivity index (χ0) is 13.7. The van der Waals surface area contributed by atoms with E-state index in [4.69, 9.17) is 4.74 Å². The van der Waals surface area contributed by atoms with Crippen LogP contribution in [0.2, 0.25) is 0 Å². The number of likely N-dealkylation sites (tertiary alicyclic amines) is 1.